The largest absolute Gasteiger partial charge is 0.482 e. The van der Waals surface area contributed by atoms with Gasteiger partial charge in [-0.2, -0.15) is 0 Å². The van der Waals surface area contributed by atoms with Crippen LogP contribution in [0.5, 0.6) is 5.75 Å². The molecule has 19 heavy (non-hydrogen) atoms. The van der Waals surface area contributed by atoms with Crippen molar-refractivity contribution in [2.75, 3.05) is 19.0 Å². The first-order valence-electron chi connectivity index (χ1n) is 6.17. The lowest BCUT2D eigenvalue weighted by Gasteiger charge is -2.10. The van der Waals surface area contributed by atoms with Crippen LogP contribution >= 0.6 is 0 Å². The molecule has 1 aromatic carbocycles. The second-order valence-electron chi connectivity index (χ2n) is 4.19. The minimum Gasteiger partial charge on any atom is -0.482 e. The van der Waals surface area contributed by atoms with Gasteiger partial charge in [0.1, 0.15) is 5.75 Å². The van der Waals surface area contributed by atoms with E-state index in [-0.39, 0.29) is 18.4 Å². The standard InChI is InChI=1S/C14H19NO4/c1-4-10(2)14(17)15-11-5-7-12(8-6-11)19-9-13(16)18-3/h5-8,10H,4,9H2,1-3H3,(H,15,17). The highest BCUT2D eigenvalue weighted by Crippen LogP contribution is 2.16. The van der Waals surface area contributed by atoms with Crippen molar-refractivity contribution in [1.82, 2.24) is 0 Å². The predicted octanol–water partition coefficient (Wildman–Crippen LogP) is 2.22. The number of methoxy groups -OCH3 is 1. The van der Waals surface area contributed by atoms with Gasteiger partial charge >= 0.3 is 5.97 Å². The molecule has 0 heterocycles. The van der Waals surface area contributed by atoms with Gasteiger partial charge in [0.2, 0.25) is 5.91 Å². The number of anilines is 1. The highest BCUT2D eigenvalue weighted by molar-refractivity contribution is 5.92. The summed E-state index contributed by atoms with van der Waals surface area (Å²) in [4.78, 5) is 22.6. The smallest absolute Gasteiger partial charge is 0.343 e. The fourth-order valence-electron chi connectivity index (χ4n) is 1.29. The molecule has 5 heteroatoms. The summed E-state index contributed by atoms with van der Waals surface area (Å²) in [5, 5.41) is 2.81. The van der Waals surface area contributed by atoms with Gasteiger partial charge in [-0.05, 0) is 30.7 Å². The quantitative estimate of drug-likeness (QED) is 0.801. The molecule has 104 valence electrons. The van der Waals surface area contributed by atoms with E-state index in [0.717, 1.165) is 6.42 Å². The fraction of sp³-hybridized carbons (Fsp3) is 0.429. The predicted molar refractivity (Wildman–Crippen MR) is 72.0 cm³/mol. The summed E-state index contributed by atoms with van der Waals surface area (Å²) in [6, 6.07) is 6.84. The van der Waals surface area contributed by atoms with Gasteiger partial charge < -0.3 is 14.8 Å². The van der Waals surface area contributed by atoms with E-state index in [1.165, 1.54) is 7.11 Å². The van der Waals surface area contributed by atoms with Crippen molar-refractivity contribution < 1.29 is 19.1 Å². The third-order valence-corrected chi connectivity index (χ3v) is 2.77. The molecule has 0 aliphatic rings. The Balaban J connectivity index is 2.52. The number of carbonyl (C=O) groups is 2. The van der Waals surface area contributed by atoms with Crippen molar-refractivity contribution in [3.8, 4) is 5.75 Å². The molecule has 1 N–H and O–H groups in total. The van der Waals surface area contributed by atoms with Gasteiger partial charge in [-0.25, -0.2) is 4.79 Å². The van der Waals surface area contributed by atoms with Gasteiger partial charge in [0.25, 0.3) is 0 Å². The molecule has 0 spiro atoms. The Kier molecular flexibility index (Phi) is 5.85. The highest BCUT2D eigenvalue weighted by atomic mass is 16.6. The minimum atomic E-state index is -0.436. The van der Waals surface area contributed by atoms with Crippen LogP contribution in [0.15, 0.2) is 24.3 Å². The van der Waals surface area contributed by atoms with Crippen LogP contribution in [0.4, 0.5) is 5.69 Å². The zero-order valence-electron chi connectivity index (χ0n) is 11.4. The molecule has 0 aliphatic heterocycles. The summed E-state index contributed by atoms with van der Waals surface area (Å²) >= 11 is 0. The Morgan fingerprint density at radius 2 is 1.89 bits per heavy atom. The van der Waals surface area contributed by atoms with E-state index in [2.05, 4.69) is 10.1 Å². The number of ether oxygens (including phenoxy) is 2. The molecular formula is C14H19NO4. The SMILES string of the molecule is CCC(C)C(=O)Nc1ccc(OCC(=O)OC)cc1. The number of carbonyl (C=O) groups excluding carboxylic acids is 2. The van der Waals surface area contributed by atoms with E-state index >= 15 is 0 Å². The van der Waals surface area contributed by atoms with Gasteiger partial charge in [-0.15, -0.1) is 0 Å². The van der Waals surface area contributed by atoms with Crippen molar-refractivity contribution in [3.05, 3.63) is 24.3 Å². The Morgan fingerprint density at radius 1 is 1.26 bits per heavy atom. The van der Waals surface area contributed by atoms with Crippen molar-refractivity contribution >= 4 is 17.6 Å². The van der Waals surface area contributed by atoms with Crippen molar-refractivity contribution in [2.45, 2.75) is 20.3 Å². The van der Waals surface area contributed by atoms with Crippen LogP contribution in [-0.4, -0.2) is 25.6 Å². The molecule has 0 aliphatic carbocycles. The highest BCUT2D eigenvalue weighted by Gasteiger charge is 2.10. The minimum absolute atomic E-state index is 0.00858. The van der Waals surface area contributed by atoms with Crippen LogP contribution in [0.25, 0.3) is 0 Å². The fourth-order valence-corrected chi connectivity index (χ4v) is 1.29. The van der Waals surface area contributed by atoms with E-state index in [9.17, 15) is 9.59 Å². The first-order valence-corrected chi connectivity index (χ1v) is 6.17. The molecule has 0 radical (unpaired) electrons. The number of amides is 1. The summed E-state index contributed by atoms with van der Waals surface area (Å²) < 4.78 is 9.67. The molecule has 0 fully saturated rings. The van der Waals surface area contributed by atoms with E-state index in [1.807, 2.05) is 13.8 Å². The Labute approximate surface area is 112 Å². The molecule has 0 saturated heterocycles. The van der Waals surface area contributed by atoms with Crippen LogP contribution in [0, 0.1) is 5.92 Å². The summed E-state index contributed by atoms with van der Waals surface area (Å²) in [5.41, 5.74) is 0.704. The molecule has 5 nitrogen and oxygen atoms in total. The lowest BCUT2D eigenvalue weighted by atomic mass is 10.1. The molecule has 1 atom stereocenters. The Morgan fingerprint density at radius 3 is 2.42 bits per heavy atom. The average molecular weight is 265 g/mol. The third kappa shape index (κ3) is 4.99. The van der Waals surface area contributed by atoms with Crippen LogP contribution in [0.3, 0.4) is 0 Å². The second kappa shape index (κ2) is 7.41. The molecule has 1 aromatic rings. The normalized spacial score (nSPS) is 11.5. The van der Waals surface area contributed by atoms with E-state index < -0.39 is 5.97 Å². The number of esters is 1. The number of benzene rings is 1. The van der Waals surface area contributed by atoms with Gasteiger partial charge in [0, 0.05) is 11.6 Å². The number of hydrogen-bond donors (Lipinski definition) is 1. The first kappa shape index (κ1) is 15.0. The van der Waals surface area contributed by atoms with Gasteiger partial charge in [0.15, 0.2) is 6.61 Å². The van der Waals surface area contributed by atoms with Crippen LogP contribution in [0.1, 0.15) is 20.3 Å². The lowest BCUT2D eigenvalue weighted by molar-refractivity contribution is -0.142. The first-order chi connectivity index (χ1) is 9.06. The molecule has 0 saturated carbocycles. The summed E-state index contributed by atoms with van der Waals surface area (Å²) in [6.07, 6.45) is 0.798. The number of hydrogen-bond acceptors (Lipinski definition) is 4. The van der Waals surface area contributed by atoms with E-state index in [1.54, 1.807) is 24.3 Å². The lowest BCUT2D eigenvalue weighted by Crippen LogP contribution is -2.19. The monoisotopic (exact) mass is 265 g/mol. The van der Waals surface area contributed by atoms with Crippen LogP contribution in [-0.2, 0) is 14.3 Å². The Bertz CT molecular complexity index is 428. The average Bonchev–Trinajstić information content (AvgIpc) is 2.45. The topological polar surface area (TPSA) is 64.6 Å². The summed E-state index contributed by atoms with van der Waals surface area (Å²) in [5.74, 6) is 0.0852. The van der Waals surface area contributed by atoms with Gasteiger partial charge in [-0.1, -0.05) is 13.8 Å². The van der Waals surface area contributed by atoms with Crippen molar-refractivity contribution in [2.24, 2.45) is 5.92 Å². The third-order valence-electron chi connectivity index (χ3n) is 2.77. The molecular weight excluding hydrogens is 246 g/mol. The number of rotatable bonds is 6. The van der Waals surface area contributed by atoms with Gasteiger partial charge in [-0.3, -0.25) is 4.79 Å². The van der Waals surface area contributed by atoms with E-state index in [4.69, 9.17) is 4.74 Å². The number of nitrogens with one attached hydrogen (secondary N) is 1. The maximum atomic E-state index is 11.7. The summed E-state index contributed by atoms with van der Waals surface area (Å²) in [7, 11) is 1.30. The van der Waals surface area contributed by atoms with Crippen molar-refractivity contribution in [1.29, 1.82) is 0 Å². The molecule has 0 aromatic heterocycles. The zero-order chi connectivity index (χ0) is 14.3. The molecule has 0 bridgehead atoms. The van der Waals surface area contributed by atoms with Crippen molar-refractivity contribution in [3.63, 3.8) is 0 Å². The second-order valence-corrected chi connectivity index (χ2v) is 4.19. The maximum Gasteiger partial charge on any atom is 0.343 e. The molecule has 1 unspecified atom stereocenters. The Hall–Kier alpha value is -2.04. The summed E-state index contributed by atoms with van der Waals surface area (Å²) in [6.45, 7) is 3.71. The van der Waals surface area contributed by atoms with Gasteiger partial charge in [0.05, 0.1) is 7.11 Å². The maximum absolute atomic E-state index is 11.7. The van der Waals surface area contributed by atoms with E-state index in [0.29, 0.717) is 11.4 Å². The van der Waals surface area contributed by atoms with Crippen LogP contribution < -0.4 is 10.1 Å². The zero-order valence-corrected chi connectivity index (χ0v) is 11.4. The molecule has 1 rings (SSSR count). The molecule has 1 amide bonds. The van der Waals surface area contributed by atoms with Crippen LogP contribution in [0.2, 0.25) is 0 Å².